The summed E-state index contributed by atoms with van der Waals surface area (Å²) in [6.07, 6.45) is 0. The molecule has 0 aliphatic rings. The molecular weight excluding hydrogens is 444 g/mol. The Morgan fingerprint density at radius 2 is 1.42 bits per heavy atom. The van der Waals surface area contributed by atoms with Gasteiger partial charge in [-0.1, -0.05) is 0 Å². The first-order valence-corrected chi connectivity index (χ1v) is 11.8. The maximum atomic E-state index is 12.6. The van der Waals surface area contributed by atoms with Crippen LogP contribution in [0.2, 0.25) is 0 Å². The van der Waals surface area contributed by atoms with Crippen molar-refractivity contribution in [1.29, 1.82) is 0 Å². The fraction of sp³-hybridized carbons (Fsp3) is 0.208. The average molecular weight is 471 g/mol. The molecule has 174 valence electrons. The van der Waals surface area contributed by atoms with Crippen LogP contribution < -0.4 is 24.2 Å². The Balaban J connectivity index is 1.71. The minimum Gasteiger partial charge on any atom is -0.497 e. The lowest BCUT2D eigenvalue weighted by atomic mass is 10.2. The van der Waals surface area contributed by atoms with E-state index < -0.39 is 10.0 Å². The molecule has 0 spiro atoms. The topological polar surface area (TPSA) is 103 Å². The van der Waals surface area contributed by atoms with Crippen molar-refractivity contribution in [3.05, 3.63) is 72.3 Å². The standard InChI is InChI=1S/C24H26N2O6S/c1-4-31-22-15-10-19(16-23(22)32-5-2)25-24(27)17-6-13-21(14-7-17)33(28,29)26-18-8-11-20(30-3)12-9-18/h6-16,26H,4-5H2,1-3H3,(H,25,27). The third kappa shape index (κ3) is 6.17. The largest absolute Gasteiger partial charge is 0.497 e. The van der Waals surface area contributed by atoms with Crippen molar-refractivity contribution < 1.29 is 27.4 Å². The van der Waals surface area contributed by atoms with E-state index in [1.807, 2.05) is 13.8 Å². The van der Waals surface area contributed by atoms with Crippen molar-refractivity contribution in [3.8, 4) is 17.2 Å². The van der Waals surface area contributed by atoms with E-state index in [0.717, 1.165) is 0 Å². The summed E-state index contributed by atoms with van der Waals surface area (Å²) in [5.41, 5.74) is 1.24. The van der Waals surface area contributed by atoms with Gasteiger partial charge >= 0.3 is 0 Å². The molecule has 8 nitrogen and oxygen atoms in total. The van der Waals surface area contributed by atoms with Gasteiger partial charge in [0.25, 0.3) is 15.9 Å². The molecule has 0 fully saturated rings. The molecule has 0 atom stereocenters. The minimum absolute atomic E-state index is 0.0366. The number of carbonyl (C=O) groups excluding carboxylic acids is 1. The van der Waals surface area contributed by atoms with Crippen molar-refractivity contribution >= 4 is 27.3 Å². The van der Waals surface area contributed by atoms with Crippen molar-refractivity contribution in [2.24, 2.45) is 0 Å². The van der Waals surface area contributed by atoms with E-state index in [-0.39, 0.29) is 10.8 Å². The highest BCUT2D eigenvalue weighted by Gasteiger charge is 2.16. The van der Waals surface area contributed by atoms with E-state index in [2.05, 4.69) is 10.0 Å². The summed E-state index contributed by atoms with van der Waals surface area (Å²) in [5.74, 6) is 1.36. The van der Waals surface area contributed by atoms with Crippen LogP contribution in [0, 0.1) is 0 Å². The van der Waals surface area contributed by atoms with Crippen LogP contribution in [0.4, 0.5) is 11.4 Å². The molecule has 1 amide bonds. The number of methoxy groups -OCH3 is 1. The van der Waals surface area contributed by atoms with Crippen LogP contribution in [0.1, 0.15) is 24.2 Å². The molecule has 33 heavy (non-hydrogen) atoms. The Hall–Kier alpha value is -3.72. The second kappa shape index (κ2) is 10.7. The predicted molar refractivity (Wildman–Crippen MR) is 127 cm³/mol. The molecular formula is C24H26N2O6S. The summed E-state index contributed by atoms with van der Waals surface area (Å²) in [6.45, 7) is 4.69. The highest BCUT2D eigenvalue weighted by molar-refractivity contribution is 7.92. The van der Waals surface area contributed by atoms with E-state index in [1.54, 1.807) is 42.5 Å². The van der Waals surface area contributed by atoms with Crippen LogP contribution in [-0.2, 0) is 10.0 Å². The van der Waals surface area contributed by atoms with Gasteiger partial charge in [0.05, 0.1) is 25.2 Å². The number of benzene rings is 3. The zero-order valence-corrected chi connectivity index (χ0v) is 19.4. The molecule has 2 N–H and O–H groups in total. The van der Waals surface area contributed by atoms with E-state index >= 15 is 0 Å². The highest BCUT2D eigenvalue weighted by atomic mass is 32.2. The van der Waals surface area contributed by atoms with Crippen LogP contribution >= 0.6 is 0 Å². The summed E-state index contributed by atoms with van der Waals surface area (Å²) in [5, 5.41) is 2.78. The molecule has 0 unspecified atom stereocenters. The SMILES string of the molecule is CCOc1ccc(NC(=O)c2ccc(S(=O)(=O)Nc3ccc(OC)cc3)cc2)cc1OCC. The number of hydrogen-bond acceptors (Lipinski definition) is 6. The van der Waals surface area contributed by atoms with E-state index in [4.69, 9.17) is 14.2 Å². The summed E-state index contributed by atoms with van der Waals surface area (Å²) in [7, 11) is -2.28. The maximum Gasteiger partial charge on any atom is 0.261 e. The summed E-state index contributed by atoms with van der Waals surface area (Å²) in [6, 6.07) is 17.3. The average Bonchev–Trinajstić information content (AvgIpc) is 2.81. The molecule has 3 rings (SSSR count). The van der Waals surface area contributed by atoms with Crippen molar-refractivity contribution in [3.63, 3.8) is 0 Å². The number of ether oxygens (including phenoxy) is 3. The molecule has 9 heteroatoms. The van der Waals surface area contributed by atoms with Crippen LogP contribution in [0.3, 0.4) is 0 Å². The van der Waals surface area contributed by atoms with Gasteiger partial charge in [0, 0.05) is 23.0 Å². The molecule has 0 aromatic heterocycles. The Kier molecular flexibility index (Phi) is 7.78. The van der Waals surface area contributed by atoms with Crippen LogP contribution in [-0.4, -0.2) is 34.6 Å². The molecule has 3 aromatic carbocycles. The molecule has 0 heterocycles. The second-order valence-corrected chi connectivity index (χ2v) is 8.52. The first-order chi connectivity index (χ1) is 15.9. The monoisotopic (exact) mass is 470 g/mol. The summed E-state index contributed by atoms with van der Waals surface area (Å²) >= 11 is 0. The number of sulfonamides is 1. The fourth-order valence-electron chi connectivity index (χ4n) is 2.99. The van der Waals surface area contributed by atoms with Gasteiger partial charge in [0.1, 0.15) is 5.75 Å². The number of hydrogen-bond donors (Lipinski definition) is 2. The molecule has 0 aliphatic heterocycles. The number of amides is 1. The molecule has 0 saturated heterocycles. The number of nitrogens with one attached hydrogen (secondary N) is 2. The van der Waals surface area contributed by atoms with Crippen LogP contribution in [0.5, 0.6) is 17.2 Å². The molecule has 0 radical (unpaired) electrons. The maximum absolute atomic E-state index is 12.6. The Labute approximate surface area is 193 Å². The minimum atomic E-state index is -3.81. The first-order valence-electron chi connectivity index (χ1n) is 10.3. The molecule has 0 aliphatic carbocycles. The van der Waals surface area contributed by atoms with Gasteiger partial charge in [0.15, 0.2) is 11.5 Å². The second-order valence-electron chi connectivity index (χ2n) is 6.84. The van der Waals surface area contributed by atoms with Gasteiger partial charge in [-0.3, -0.25) is 9.52 Å². The quantitative estimate of drug-likeness (QED) is 0.451. The summed E-state index contributed by atoms with van der Waals surface area (Å²) in [4.78, 5) is 12.7. The van der Waals surface area contributed by atoms with Crippen LogP contribution in [0.15, 0.2) is 71.6 Å². The predicted octanol–water partition coefficient (Wildman–Crippen LogP) is 4.55. The molecule has 3 aromatic rings. The third-order valence-electron chi connectivity index (χ3n) is 4.57. The van der Waals surface area contributed by atoms with E-state index in [9.17, 15) is 13.2 Å². The lowest BCUT2D eigenvalue weighted by Gasteiger charge is -2.13. The smallest absolute Gasteiger partial charge is 0.261 e. The summed E-state index contributed by atoms with van der Waals surface area (Å²) < 4.78 is 44.0. The van der Waals surface area contributed by atoms with Gasteiger partial charge in [-0.15, -0.1) is 0 Å². The zero-order valence-electron chi connectivity index (χ0n) is 18.6. The lowest BCUT2D eigenvalue weighted by Crippen LogP contribution is -2.15. The van der Waals surface area contributed by atoms with Crippen molar-refractivity contribution in [2.75, 3.05) is 30.4 Å². The first kappa shape index (κ1) is 23.9. The Bertz CT molecular complexity index is 1190. The zero-order chi connectivity index (χ0) is 23.8. The molecule has 0 saturated carbocycles. The van der Waals surface area contributed by atoms with Gasteiger partial charge < -0.3 is 19.5 Å². The van der Waals surface area contributed by atoms with Gasteiger partial charge in [-0.05, 0) is 74.5 Å². The highest BCUT2D eigenvalue weighted by Crippen LogP contribution is 2.31. The van der Waals surface area contributed by atoms with Crippen molar-refractivity contribution in [1.82, 2.24) is 0 Å². The Morgan fingerprint density at radius 1 is 0.818 bits per heavy atom. The Morgan fingerprint density at radius 3 is 2.03 bits per heavy atom. The number of carbonyl (C=O) groups is 1. The van der Waals surface area contributed by atoms with E-state index in [0.29, 0.717) is 47.4 Å². The normalized spacial score (nSPS) is 10.9. The lowest BCUT2D eigenvalue weighted by molar-refractivity contribution is 0.102. The van der Waals surface area contributed by atoms with E-state index in [1.165, 1.54) is 31.4 Å². The fourth-order valence-corrected chi connectivity index (χ4v) is 4.05. The van der Waals surface area contributed by atoms with Crippen LogP contribution in [0.25, 0.3) is 0 Å². The number of anilines is 2. The van der Waals surface area contributed by atoms with Crippen molar-refractivity contribution in [2.45, 2.75) is 18.7 Å². The molecule has 0 bridgehead atoms. The third-order valence-corrected chi connectivity index (χ3v) is 5.97. The van der Waals surface area contributed by atoms with Gasteiger partial charge in [-0.2, -0.15) is 0 Å². The van der Waals surface area contributed by atoms with Gasteiger partial charge in [-0.25, -0.2) is 8.42 Å². The number of rotatable bonds is 10. The van der Waals surface area contributed by atoms with Gasteiger partial charge in [0.2, 0.25) is 0 Å².